The van der Waals surface area contributed by atoms with Crippen LogP contribution in [0.4, 0.5) is 0 Å². The highest BCUT2D eigenvalue weighted by molar-refractivity contribution is 5.25. The molecule has 0 saturated carbocycles. The monoisotopic (exact) mass is 259 g/mol. The second kappa shape index (κ2) is 6.02. The summed E-state index contributed by atoms with van der Waals surface area (Å²) >= 11 is 0. The normalized spacial score (nSPS) is 25.2. The van der Waals surface area contributed by atoms with Crippen molar-refractivity contribution < 1.29 is 0 Å². The van der Waals surface area contributed by atoms with Crippen LogP contribution < -0.4 is 5.32 Å². The van der Waals surface area contributed by atoms with Gasteiger partial charge in [-0.2, -0.15) is 0 Å². The van der Waals surface area contributed by atoms with Crippen LogP contribution in [0.2, 0.25) is 0 Å². The molecule has 0 amide bonds. The Kier molecular flexibility index (Phi) is 4.14. The van der Waals surface area contributed by atoms with Crippen molar-refractivity contribution in [3.63, 3.8) is 0 Å². The molecule has 1 atom stereocenters. The van der Waals surface area contributed by atoms with Crippen LogP contribution in [-0.2, 0) is 6.42 Å². The van der Waals surface area contributed by atoms with E-state index in [4.69, 9.17) is 0 Å². The van der Waals surface area contributed by atoms with E-state index in [-0.39, 0.29) is 0 Å². The lowest BCUT2D eigenvalue weighted by Crippen LogP contribution is -2.44. The van der Waals surface area contributed by atoms with E-state index in [0.717, 1.165) is 0 Å². The fraction of sp³-hybridized carbons (Fsp3) is 0.688. The molecule has 3 heteroatoms. The van der Waals surface area contributed by atoms with E-state index < -0.39 is 0 Å². The fourth-order valence-electron chi connectivity index (χ4n) is 3.47. The Hall–Kier alpha value is -0.930. The van der Waals surface area contributed by atoms with Crippen LogP contribution >= 0.6 is 0 Å². The molecule has 3 nitrogen and oxygen atoms in total. The number of rotatable bonds is 3. The number of nitrogens with zero attached hydrogens (tertiary/aromatic N) is 2. The van der Waals surface area contributed by atoms with E-state index in [1.807, 2.05) is 6.20 Å². The summed E-state index contributed by atoms with van der Waals surface area (Å²) in [7, 11) is 0. The lowest BCUT2D eigenvalue weighted by atomic mass is 9.90. The second-order valence-electron chi connectivity index (χ2n) is 5.87. The molecule has 1 N–H and O–H groups in total. The molecule has 1 unspecified atom stereocenters. The van der Waals surface area contributed by atoms with Crippen molar-refractivity contribution in [3.8, 4) is 0 Å². The van der Waals surface area contributed by atoms with Crippen molar-refractivity contribution in [1.29, 1.82) is 0 Å². The summed E-state index contributed by atoms with van der Waals surface area (Å²) in [5, 5.41) is 3.87. The van der Waals surface area contributed by atoms with E-state index in [2.05, 4.69) is 34.3 Å². The molecule has 104 valence electrons. The molecule has 0 bridgehead atoms. The van der Waals surface area contributed by atoms with E-state index >= 15 is 0 Å². The van der Waals surface area contributed by atoms with Crippen molar-refractivity contribution in [2.45, 2.75) is 51.1 Å². The molecule has 1 saturated heterocycles. The maximum absolute atomic E-state index is 4.62. The van der Waals surface area contributed by atoms with Crippen molar-refractivity contribution in [2.24, 2.45) is 0 Å². The lowest BCUT2D eigenvalue weighted by Gasteiger charge is -2.35. The van der Waals surface area contributed by atoms with Gasteiger partial charge in [-0.15, -0.1) is 0 Å². The molecular formula is C16H25N3. The highest BCUT2D eigenvalue weighted by atomic mass is 15.1. The average Bonchev–Trinajstić information content (AvgIpc) is 2.48. The predicted octanol–water partition coefficient (Wildman–Crippen LogP) is 2.53. The van der Waals surface area contributed by atoms with Gasteiger partial charge in [0.05, 0.1) is 5.69 Å². The van der Waals surface area contributed by atoms with Crippen molar-refractivity contribution >= 4 is 0 Å². The quantitative estimate of drug-likeness (QED) is 0.904. The van der Waals surface area contributed by atoms with Crippen LogP contribution in [0.15, 0.2) is 18.3 Å². The first-order valence-corrected chi connectivity index (χ1v) is 7.79. The summed E-state index contributed by atoms with van der Waals surface area (Å²) in [6.07, 6.45) is 8.26. The zero-order chi connectivity index (χ0) is 13.1. The van der Waals surface area contributed by atoms with Gasteiger partial charge in [-0.25, -0.2) is 0 Å². The fourth-order valence-corrected chi connectivity index (χ4v) is 3.47. The number of piperidine rings is 1. The summed E-state index contributed by atoms with van der Waals surface area (Å²) in [6.45, 7) is 5.95. The summed E-state index contributed by atoms with van der Waals surface area (Å²) in [6, 6.07) is 5.49. The van der Waals surface area contributed by atoms with E-state index in [1.165, 1.54) is 63.0 Å². The Morgan fingerprint density at radius 2 is 2.16 bits per heavy atom. The molecule has 1 fully saturated rings. The van der Waals surface area contributed by atoms with Crippen LogP contribution in [0.5, 0.6) is 0 Å². The van der Waals surface area contributed by atoms with Crippen LogP contribution in [0.25, 0.3) is 0 Å². The number of likely N-dealkylation sites (tertiary alicyclic amines) is 1. The third kappa shape index (κ3) is 2.98. The van der Waals surface area contributed by atoms with Gasteiger partial charge in [-0.05, 0) is 63.4 Å². The number of aryl methyl sites for hydroxylation is 1. The zero-order valence-corrected chi connectivity index (χ0v) is 11.9. The zero-order valence-electron chi connectivity index (χ0n) is 11.9. The molecule has 0 aromatic carbocycles. The van der Waals surface area contributed by atoms with Crippen molar-refractivity contribution in [2.75, 3.05) is 19.6 Å². The summed E-state index contributed by atoms with van der Waals surface area (Å²) in [5.41, 5.74) is 2.77. The maximum Gasteiger partial charge on any atom is 0.0605 e. The first-order chi connectivity index (χ1) is 9.36. The van der Waals surface area contributed by atoms with Gasteiger partial charge in [-0.3, -0.25) is 4.98 Å². The predicted molar refractivity (Wildman–Crippen MR) is 78.2 cm³/mol. The molecule has 2 aliphatic rings. The maximum atomic E-state index is 4.62. The molecule has 1 aliphatic heterocycles. The second-order valence-corrected chi connectivity index (χ2v) is 5.87. The van der Waals surface area contributed by atoms with Gasteiger partial charge in [-0.1, -0.05) is 13.0 Å². The molecule has 1 aromatic rings. The summed E-state index contributed by atoms with van der Waals surface area (Å²) in [5.74, 6) is 0. The third-order valence-electron chi connectivity index (χ3n) is 4.67. The minimum Gasteiger partial charge on any atom is -0.306 e. The Balaban J connectivity index is 1.62. The molecule has 1 aliphatic carbocycles. The Bertz CT molecular complexity index is 410. The minimum absolute atomic E-state index is 0.489. The molecule has 3 rings (SSSR count). The first-order valence-electron chi connectivity index (χ1n) is 7.79. The van der Waals surface area contributed by atoms with Gasteiger partial charge in [0, 0.05) is 18.3 Å². The third-order valence-corrected chi connectivity index (χ3v) is 4.67. The molecule has 19 heavy (non-hydrogen) atoms. The minimum atomic E-state index is 0.489. The largest absolute Gasteiger partial charge is 0.306 e. The van der Waals surface area contributed by atoms with Crippen molar-refractivity contribution in [1.82, 2.24) is 15.2 Å². The van der Waals surface area contributed by atoms with Gasteiger partial charge in [0.2, 0.25) is 0 Å². The highest BCUT2D eigenvalue weighted by Gasteiger charge is 2.25. The number of pyridine rings is 1. The Morgan fingerprint density at radius 3 is 2.95 bits per heavy atom. The topological polar surface area (TPSA) is 28.2 Å². The van der Waals surface area contributed by atoms with Crippen LogP contribution in [0.3, 0.4) is 0 Å². The molecule has 1 aromatic heterocycles. The van der Waals surface area contributed by atoms with Gasteiger partial charge in [0.1, 0.15) is 0 Å². The Labute approximate surface area is 116 Å². The number of aromatic nitrogens is 1. The SMILES string of the molecule is CCN1CCC(NC2CCCc3cccnc32)CC1. The summed E-state index contributed by atoms with van der Waals surface area (Å²) < 4.78 is 0. The number of nitrogens with one attached hydrogen (secondary N) is 1. The van der Waals surface area contributed by atoms with Gasteiger partial charge < -0.3 is 10.2 Å². The van der Waals surface area contributed by atoms with E-state index in [0.29, 0.717) is 12.1 Å². The van der Waals surface area contributed by atoms with Crippen LogP contribution in [0.1, 0.15) is 49.9 Å². The van der Waals surface area contributed by atoms with E-state index in [9.17, 15) is 0 Å². The van der Waals surface area contributed by atoms with Gasteiger partial charge in [0.25, 0.3) is 0 Å². The summed E-state index contributed by atoms with van der Waals surface area (Å²) in [4.78, 5) is 7.17. The smallest absolute Gasteiger partial charge is 0.0605 e. The van der Waals surface area contributed by atoms with Gasteiger partial charge >= 0.3 is 0 Å². The van der Waals surface area contributed by atoms with Gasteiger partial charge in [0.15, 0.2) is 0 Å². The highest BCUT2D eigenvalue weighted by Crippen LogP contribution is 2.29. The molecular weight excluding hydrogens is 234 g/mol. The average molecular weight is 259 g/mol. The number of fused-ring (bicyclic) bond motifs is 1. The standard InChI is InChI=1S/C16H25N3/c1-2-19-11-8-14(9-12-19)18-15-7-3-5-13-6-4-10-17-16(13)15/h4,6,10,14-15,18H,2-3,5,7-9,11-12H2,1H3. The number of hydrogen-bond acceptors (Lipinski definition) is 3. The molecule has 0 radical (unpaired) electrons. The lowest BCUT2D eigenvalue weighted by molar-refractivity contribution is 0.195. The number of hydrogen-bond donors (Lipinski definition) is 1. The molecule has 2 heterocycles. The van der Waals surface area contributed by atoms with Crippen LogP contribution in [-0.4, -0.2) is 35.6 Å². The first kappa shape index (κ1) is 13.1. The van der Waals surface area contributed by atoms with Crippen molar-refractivity contribution in [3.05, 3.63) is 29.6 Å². The molecule has 0 spiro atoms. The Morgan fingerprint density at radius 1 is 1.32 bits per heavy atom. The van der Waals surface area contributed by atoms with E-state index in [1.54, 1.807) is 0 Å². The van der Waals surface area contributed by atoms with Crippen LogP contribution in [0, 0.1) is 0 Å².